The molecule has 1 amide bonds. The van der Waals surface area contributed by atoms with Crippen LogP contribution in [0.25, 0.3) is 0 Å². The number of carbonyl (C=O) groups is 1. The van der Waals surface area contributed by atoms with Crippen molar-refractivity contribution < 1.29 is 9.53 Å². The van der Waals surface area contributed by atoms with Gasteiger partial charge in [-0.2, -0.15) is 0 Å². The van der Waals surface area contributed by atoms with Gasteiger partial charge in [0.05, 0.1) is 12.7 Å². The highest BCUT2D eigenvalue weighted by molar-refractivity contribution is 5.79. The zero-order chi connectivity index (χ0) is 14.7. The number of allylic oxidation sites excluding steroid dienone is 2. The van der Waals surface area contributed by atoms with E-state index >= 15 is 0 Å². The molecule has 0 unspecified atom stereocenters. The van der Waals surface area contributed by atoms with Gasteiger partial charge < -0.3 is 14.5 Å². The van der Waals surface area contributed by atoms with E-state index in [4.69, 9.17) is 4.74 Å². The summed E-state index contributed by atoms with van der Waals surface area (Å²) in [5.41, 5.74) is 0. The third-order valence-electron chi connectivity index (χ3n) is 4.85. The number of rotatable bonds is 5. The van der Waals surface area contributed by atoms with E-state index in [0.717, 1.165) is 44.8 Å². The van der Waals surface area contributed by atoms with E-state index in [9.17, 15) is 4.79 Å². The van der Waals surface area contributed by atoms with Crippen LogP contribution in [0.4, 0.5) is 0 Å². The van der Waals surface area contributed by atoms with E-state index in [0.29, 0.717) is 12.5 Å². The Labute approximate surface area is 128 Å². The van der Waals surface area contributed by atoms with Crippen molar-refractivity contribution in [2.24, 2.45) is 11.8 Å². The lowest BCUT2D eigenvalue weighted by molar-refractivity contribution is -0.144. The number of morpholine rings is 1. The molecule has 0 radical (unpaired) electrons. The van der Waals surface area contributed by atoms with Crippen molar-refractivity contribution in [2.45, 2.75) is 38.2 Å². The summed E-state index contributed by atoms with van der Waals surface area (Å²) in [5, 5.41) is 0. The molecule has 0 spiro atoms. The lowest BCUT2D eigenvalue weighted by Gasteiger charge is -2.36. The van der Waals surface area contributed by atoms with Crippen LogP contribution in [0.1, 0.15) is 32.1 Å². The average molecular weight is 292 g/mol. The third-order valence-corrected chi connectivity index (χ3v) is 4.85. The fourth-order valence-electron chi connectivity index (χ4n) is 3.47. The van der Waals surface area contributed by atoms with Gasteiger partial charge in [-0.3, -0.25) is 4.79 Å². The first-order valence-corrected chi connectivity index (χ1v) is 8.46. The maximum Gasteiger partial charge on any atom is 0.226 e. The summed E-state index contributed by atoms with van der Waals surface area (Å²) in [6, 6.07) is 0. The van der Waals surface area contributed by atoms with Gasteiger partial charge in [0.25, 0.3) is 0 Å². The molecule has 1 saturated carbocycles. The molecule has 1 saturated heterocycles. The molecule has 3 aliphatic rings. The molecule has 118 valence electrons. The molecule has 2 aliphatic carbocycles. The number of carbonyl (C=O) groups excluding carboxylic acids is 1. The zero-order valence-corrected chi connectivity index (χ0v) is 13.2. The van der Waals surface area contributed by atoms with Crippen molar-refractivity contribution in [3.63, 3.8) is 0 Å². The molecule has 0 N–H and O–H groups in total. The molecule has 1 aliphatic heterocycles. The van der Waals surface area contributed by atoms with Crippen LogP contribution < -0.4 is 0 Å². The largest absolute Gasteiger partial charge is 0.373 e. The lowest BCUT2D eigenvalue weighted by atomic mass is 9.93. The second kappa shape index (κ2) is 6.93. The van der Waals surface area contributed by atoms with Crippen LogP contribution in [-0.2, 0) is 9.53 Å². The van der Waals surface area contributed by atoms with Gasteiger partial charge in [0.15, 0.2) is 0 Å². The van der Waals surface area contributed by atoms with Crippen molar-refractivity contribution in [2.75, 3.05) is 39.8 Å². The van der Waals surface area contributed by atoms with E-state index in [1.54, 1.807) is 0 Å². The molecule has 2 fully saturated rings. The Morgan fingerprint density at radius 2 is 2.14 bits per heavy atom. The molecule has 1 heterocycles. The Balaban J connectivity index is 1.47. The SMILES string of the molecule is CN(CC1CC1)C[C@H]1CN(C(=O)[C@@H]2CC=CCC2)CCO1. The molecular weight excluding hydrogens is 264 g/mol. The smallest absolute Gasteiger partial charge is 0.226 e. The summed E-state index contributed by atoms with van der Waals surface area (Å²) >= 11 is 0. The Hall–Kier alpha value is -0.870. The number of ether oxygens (including phenoxy) is 1. The van der Waals surface area contributed by atoms with Gasteiger partial charge in [-0.1, -0.05) is 12.2 Å². The van der Waals surface area contributed by atoms with Crippen molar-refractivity contribution in [3.05, 3.63) is 12.2 Å². The van der Waals surface area contributed by atoms with Crippen LogP contribution in [0.3, 0.4) is 0 Å². The monoisotopic (exact) mass is 292 g/mol. The van der Waals surface area contributed by atoms with E-state index in [1.807, 2.05) is 4.90 Å². The van der Waals surface area contributed by atoms with Crippen molar-refractivity contribution in [1.29, 1.82) is 0 Å². The Kier molecular flexibility index (Phi) is 4.96. The molecule has 2 atom stereocenters. The highest BCUT2D eigenvalue weighted by Gasteiger charge is 2.30. The zero-order valence-electron chi connectivity index (χ0n) is 13.2. The summed E-state index contributed by atoms with van der Waals surface area (Å²) in [6.45, 7) is 4.36. The van der Waals surface area contributed by atoms with Crippen LogP contribution in [0.2, 0.25) is 0 Å². The fraction of sp³-hybridized carbons (Fsp3) is 0.824. The Morgan fingerprint density at radius 1 is 1.29 bits per heavy atom. The predicted octanol–water partition coefficient (Wildman–Crippen LogP) is 1.91. The molecule has 3 rings (SSSR count). The van der Waals surface area contributed by atoms with Gasteiger partial charge in [0.1, 0.15) is 0 Å². The Bertz CT molecular complexity index is 392. The summed E-state index contributed by atoms with van der Waals surface area (Å²) in [5.74, 6) is 1.46. The molecule has 4 heteroatoms. The van der Waals surface area contributed by atoms with Gasteiger partial charge in [-0.15, -0.1) is 0 Å². The number of hydrogen-bond acceptors (Lipinski definition) is 3. The first-order valence-electron chi connectivity index (χ1n) is 8.46. The molecule has 4 nitrogen and oxygen atoms in total. The van der Waals surface area contributed by atoms with Gasteiger partial charge in [-0.25, -0.2) is 0 Å². The van der Waals surface area contributed by atoms with E-state index in [1.165, 1.54) is 19.4 Å². The Morgan fingerprint density at radius 3 is 2.86 bits per heavy atom. The van der Waals surface area contributed by atoms with Crippen LogP contribution in [0.15, 0.2) is 12.2 Å². The molecular formula is C17H28N2O2. The number of likely N-dealkylation sites (N-methyl/N-ethyl adjacent to an activating group) is 1. The molecule has 0 aromatic rings. The summed E-state index contributed by atoms with van der Waals surface area (Å²) < 4.78 is 5.87. The average Bonchev–Trinajstić information content (AvgIpc) is 3.31. The first kappa shape index (κ1) is 15.0. The topological polar surface area (TPSA) is 32.8 Å². The van der Waals surface area contributed by atoms with Gasteiger partial charge in [-0.05, 0) is 45.1 Å². The van der Waals surface area contributed by atoms with E-state index in [-0.39, 0.29) is 12.0 Å². The van der Waals surface area contributed by atoms with Gasteiger partial charge in [0, 0.05) is 32.1 Å². The maximum atomic E-state index is 12.6. The van der Waals surface area contributed by atoms with Crippen LogP contribution >= 0.6 is 0 Å². The summed E-state index contributed by atoms with van der Waals surface area (Å²) in [6.07, 6.45) is 10.3. The van der Waals surface area contributed by atoms with Gasteiger partial charge in [0.2, 0.25) is 5.91 Å². The standard InChI is InChI=1S/C17H28N2O2/c1-18(11-14-7-8-14)12-16-13-19(9-10-21-16)17(20)15-5-3-2-4-6-15/h2-3,14-16H,4-13H2,1H3/t15-,16+/m1/s1. The molecule has 0 aromatic carbocycles. The van der Waals surface area contributed by atoms with Crippen molar-refractivity contribution in [1.82, 2.24) is 9.80 Å². The van der Waals surface area contributed by atoms with Gasteiger partial charge >= 0.3 is 0 Å². The predicted molar refractivity (Wildman–Crippen MR) is 83.0 cm³/mol. The van der Waals surface area contributed by atoms with Crippen molar-refractivity contribution in [3.8, 4) is 0 Å². The van der Waals surface area contributed by atoms with Crippen LogP contribution in [-0.4, -0.2) is 61.6 Å². The lowest BCUT2D eigenvalue weighted by Crippen LogP contribution is -2.51. The second-order valence-corrected chi connectivity index (χ2v) is 6.92. The minimum absolute atomic E-state index is 0.186. The van der Waals surface area contributed by atoms with Crippen molar-refractivity contribution >= 4 is 5.91 Å². The molecule has 21 heavy (non-hydrogen) atoms. The third kappa shape index (κ3) is 4.30. The quantitative estimate of drug-likeness (QED) is 0.726. The normalized spacial score (nSPS) is 29.9. The minimum atomic E-state index is 0.186. The highest BCUT2D eigenvalue weighted by atomic mass is 16.5. The first-order chi connectivity index (χ1) is 10.2. The maximum absolute atomic E-state index is 12.6. The second-order valence-electron chi connectivity index (χ2n) is 6.92. The van der Waals surface area contributed by atoms with Crippen LogP contribution in [0, 0.1) is 11.8 Å². The summed E-state index contributed by atoms with van der Waals surface area (Å²) in [4.78, 5) is 17.0. The molecule has 0 bridgehead atoms. The number of nitrogens with zero attached hydrogens (tertiary/aromatic N) is 2. The fourth-order valence-corrected chi connectivity index (χ4v) is 3.47. The summed E-state index contributed by atoms with van der Waals surface area (Å²) in [7, 11) is 2.17. The highest BCUT2D eigenvalue weighted by Crippen LogP contribution is 2.29. The van der Waals surface area contributed by atoms with E-state index in [2.05, 4.69) is 24.1 Å². The number of hydrogen-bond donors (Lipinski definition) is 0. The molecule has 0 aromatic heterocycles. The minimum Gasteiger partial charge on any atom is -0.373 e. The van der Waals surface area contributed by atoms with E-state index < -0.39 is 0 Å². The van der Waals surface area contributed by atoms with Crippen LogP contribution in [0.5, 0.6) is 0 Å². The number of amides is 1.